The maximum atomic E-state index is 12.1. The lowest BCUT2D eigenvalue weighted by molar-refractivity contribution is 0.0687. The van der Waals surface area contributed by atoms with Crippen molar-refractivity contribution in [1.29, 1.82) is 0 Å². The number of thiazole rings is 2. The first kappa shape index (κ1) is 14.9. The van der Waals surface area contributed by atoms with Crippen LogP contribution in [-0.2, 0) is 10.0 Å². The molecule has 2 aromatic rings. The first-order valence-corrected chi connectivity index (χ1v) is 8.70. The molecule has 108 valence electrons. The molecule has 10 heteroatoms. The van der Waals surface area contributed by atoms with E-state index in [1.165, 1.54) is 5.51 Å². The molecule has 0 aliphatic heterocycles. The monoisotopic (exact) mass is 333 g/mol. The van der Waals surface area contributed by atoms with Crippen LogP contribution in [0.15, 0.2) is 15.1 Å². The van der Waals surface area contributed by atoms with E-state index in [4.69, 9.17) is 5.11 Å². The standard InChI is InChI=1S/C10H11N3O4S3/c1-5(2)6-3-18-10(12-6)13-20(16,17)9-7(8(14)15)11-4-19-9/h3-5H,1-2H3,(H,12,13)(H,14,15). The molecule has 0 atom stereocenters. The van der Waals surface area contributed by atoms with E-state index in [2.05, 4.69) is 14.7 Å². The van der Waals surface area contributed by atoms with Gasteiger partial charge in [0.2, 0.25) is 0 Å². The highest BCUT2D eigenvalue weighted by Crippen LogP contribution is 2.26. The lowest BCUT2D eigenvalue weighted by Crippen LogP contribution is -2.15. The zero-order valence-corrected chi connectivity index (χ0v) is 13.0. The van der Waals surface area contributed by atoms with Crippen LogP contribution < -0.4 is 4.72 Å². The van der Waals surface area contributed by atoms with Gasteiger partial charge < -0.3 is 5.11 Å². The molecule has 0 unspecified atom stereocenters. The molecule has 2 heterocycles. The minimum Gasteiger partial charge on any atom is -0.476 e. The molecular weight excluding hydrogens is 322 g/mol. The first-order valence-electron chi connectivity index (χ1n) is 5.46. The third kappa shape index (κ3) is 2.97. The van der Waals surface area contributed by atoms with Crippen molar-refractivity contribution in [2.45, 2.75) is 24.0 Å². The van der Waals surface area contributed by atoms with Crippen molar-refractivity contribution in [2.75, 3.05) is 4.72 Å². The van der Waals surface area contributed by atoms with Gasteiger partial charge in [-0.3, -0.25) is 4.72 Å². The van der Waals surface area contributed by atoms with Gasteiger partial charge in [-0.1, -0.05) is 13.8 Å². The fourth-order valence-corrected chi connectivity index (χ4v) is 4.59. The number of carboxylic acid groups (broad SMARTS) is 1. The summed E-state index contributed by atoms with van der Waals surface area (Å²) < 4.78 is 26.2. The molecule has 0 spiro atoms. The summed E-state index contributed by atoms with van der Waals surface area (Å²) in [4.78, 5) is 18.6. The third-order valence-electron chi connectivity index (χ3n) is 2.32. The van der Waals surface area contributed by atoms with Crippen molar-refractivity contribution >= 4 is 43.8 Å². The molecule has 0 aliphatic carbocycles. The molecule has 0 fully saturated rings. The molecular formula is C10H11N3O4S3. The Bertz CT molecular complexity index is 733. The van der Waals surface area contributed by atoms with Gasteiger partial charge in [0.1, 0.15) is 0 Å². The number of sulfonamides is 1. The average molecular weight is 333 g/mol. The fourth-order valence-electron chi connectivity index (χ4n) is 1.33. The molecule has 0 radical (unpaired) electrons. The summed E-state index contributed by atoms with van der Waals surface area (Å²) in [5, 5.41) is 10.9. The Morgan fingerprint density at radius 1 is 1.40 bits per heavy atom. The van der Waals surface area contributed by atoms with Gasteiger partial charge in [0.05, 0.1) is 11.2 Å². The van der Waals surface area contributed by atoms with E-state index in [1.807, 2.05) is 13.8 Å². The van der Waals surface area contributed by atoms with Crippen molar-refractivity contribution in [2.24, 2.45) is 0 Å². The summed E-state index contributed by atoms with van der Waals surface area (Å²) in [5.41, 5.74) is 1.47. The molecule has 7 nitrogen and oxygen atoms in total. The summed E-state index contributed by atoms with van der Waals surface area (Å²) in [6, 6.07) is 0. The summed E-state index contributed by atoms with van der Waals surface area (Å²) in [6.45, 7) is 3.89. The van der Waals surface area contributed by atoms with Crippen molar-refractivity contribution in [3.05, 3.63) is 22.3 Å². The maximum absolute atomic E-state index is 12.1. The largest absolute Gasteiger partial charge is 0.476 e. The number of hydrogen-bond acceptors (Lipinski definition) is 7. The van der Waals surface area contributed by atoms with Gasteiger partial charge in [-0.2, -0.15) is 0 Å². The molecule has 2 N–H and O–H groups in total. The number of aromatic nitrogens is 2. The van der Waals surface area contributed by atoms with Crippen LogP contribution >= 0.6 is 22.7 Å². The minimum atomic E-state index is -3.98. The van der Waals surface area contributed by atoms with E-state index < -0.39 is 21.7 Å². The quantitative estimate of drug-likeness (QED) is 0.868. The van der Waals surface area contributed by atoms with Gasteiger partial charge in [-0.25, -0.2) is 23.2 Å². The zero-order chi connectivity index (χ0) is 14.9. The Morgan fingerprint density at radius 2 is 2.10 bits per heavy atom. The minimum absolute atomic E-state index is 0.183. The molecule has 0 saturated carbocycles. The molecule has 0 saturated heterocycles. The SMILES string of the molecule is CC(C)c1csc(NS(=O)(=O)c2scnc2C(=O)O)n1. The van der Waals surface area contributed by atoms with E-state index in [1.54, 1.807) is 5.38 Å². The van der Waals surface area contributed by atoms with Crippen LogP contribution in [0.3, 0.4) is 0 Å². The predicted octanol–water partition coefficient (Wildman–Crippen LogP) is 2.22. The Morgan fingerprint density at radius 3 is 2.65 bits per heavy atom. The first-order chi connectivity index (χ1) is 9.31. The number of anilines is 1. The van der Waals surface area contributed by atoms with E-state index in [0.29, 0.717) is 0 Å². The highest BCUT2D eigenvalue weighted by Gasteiger charge is 2.26. The van der Waals surface area contributed by atoms with E-state index >= 15 is 0 Å². The van der Waals surface area contributed by atoms with Gasteiger partial charge in [0, 0.05) is 5.38 Å². The lowest BCUT2D eigenvalue weighted by Gasteiger charge is -2.03. The predicted molar refractivity (Wildman–Crippen MR) is 76.1 cm³/mol. The summed E-state index contributed by atoms with van der Waals surface area (Å²) in [6.07, 6.45) is 0. The Labute approximate surface area is 123 Å². The summed E-state index contributed by atoms with van der Waals surface area (Å²) >= 11 is 1.90. The van der Waals surface area contributed by atoms with Crippen LogP contribution in [0.2, 0.25) is 0 Å². The Hall–Kier alpha value is -1.52. The Balaban J connectivity index is 2.31. The van der Waals surface area contributed by atoms with E-state index in [0.717, 1.165) is 28.4 Å². The number of aromatic carboxylic acids is 1. The number of hydrogen-bond donors (Lipinski definition) is 2. The number of nitrogens with zero attached hydrogens (tertiary/aromatic N) is 2. The van der Waals surface area contributed by atoms with Crippen molar-refractivity contribution in [3.8, 4) is 0 Å². The zero-order valence-electron chi connectivity index (χ0n) is 10.5. The Kier molecular flexibility index (Phi) is 4.06. The van der Waals surface area contributed by atoms with Crippen LogP contribution in [0.1, 0.15) is 35.9 Å². The van der Waals surface area contributed by atoms with Gasteiger partial charge >= 0.3 is 5.97 Å². The van der Waals surface area contributed by atoms with Crippen molar-refractivity contribution in [3.63, 3.8) is 0 Å². The molecule has 2 rings (SSSR count). The molecule has 2 aromatic heterocycles. The highest BCUT2D eigenvalue weighted by atomic mass is 32.2. The normalized spacial score (nSPS) is 11.8. The fraction of sp³-hybridized carbons (Fsp3) is 0.300. The van der Waals surface area contributed by atoms with E-state index in [-0.39, 0.29) is 15.3 Å². The van der Waals surface area contributed by atoms with Gasteiger partial charge in [0.25, 0.3) is 10.0 Å². The number of carbonyl (C=O) groups is 1. The van der Waals surface area contributed by atoms with Crippen molar-refractivity contribution < 1.29 is 18.3 Å². The number of nitrogens with one attached hydrogen (secondary N) is 1. The topological polar surface area (TPSA) is 109 Å². The van der Waals surface area contributed by atoms with Crippen LogP contribution in [0.5, 0.6) is 0 Å². The van der Waals surface area contributed by atoms with Crippen LogP contribution in [-0.4, -0.2) is 29.5 Å². The van der Waals surface area contributed by atoms with Crippen LogP contribution in [0, 0.1) is 0 Å². The molecule has 0 aromatic carbocycles. The molecule has 0 aliphatic rings. The molecule has 0 amide bonds. The average Bonchev–Trinajstić information content (AvgIpc) is 2.95. The van der Waals surface area contributed by atoms with Gasteiger partial charge in [-0.05, 0) is 5.92 Å². The number of carboxylic acids is 1. The van der Waals surface area contributed by atoms with E-state index in [9.17, 15) is 13.2 Å². The smallest absolute Gasteiger partial charge is 0.356 e. The second-order valence-electron chi connectivity index (χ2n) is 4.13. The van der Waals surface area contributed by atoms with Gasteiger partial charge in [-0.15, -0.1) is 22.7 Å². The summed E-state index contributed by atoms with van der Waals surface area (Å²) in [7, 11) is -3.98. The third-order valence-corrected chi connectivity index (χ3v) is 5.93. The van der Waals surface area contributed by atoms with Gasteiger partial charge in [0.15, 0.2) is 15.0 Å². The molecule has 0 bridgehead atoms. The lowest BCUT2D eigenvalue weighted by atomic mass is 10.2. The second kappa shape index (κ2) is 5.46. The van der Waals surface area contributed by atoms with Crippen LogP contribution in [0.4, 0.5) is 5.13 Å². The summed E-state index contributed by atoms with van der Waals surface area (Å²) in [5.74, 6) is -1.20. The maximum Gasteiger partial charge on any atom is 0.356 e. The van der Waals surface area contributed by atoms with Crippen molar-refractivity contribution in [1.82, 2.24) is 9.97 Å². The number of rotatable bonds is 5. The van der Waals surface area contributed by atoms with Crippen LogP contribution in [0.25, 0.3) is 0 Å². The molecule has 20 heavy (non-hydrogen) atoms. The second-order valence-corrected chi connectivity index (χ2v) is 7.72. The highest BCUT2D eigenvalue weighted by molar-refractivity contribution is 7.94.